The molecule has 202 valence electrons. The second-order valence-corrected chi connectivity index (χ2v) is 9.36. The second-order valence-electron chi connectivity index (χ2n) is 9.36. The highest BCUT2D eigenvalue weighted by Gasteiger charge is 2.38. The van der Waals surface area contributed by atoms with E-state index in [0.717, 1.165) is 31.4 Å². The van der Waals surface area contributed by atoms with Gasteiger partial charge in [0.1, 0.15) is 22.8 Å². The normalized spacial score (nSPS) is 15.9. The quantitative estimate of drug-likeness (QED) is 0.154. The van der Waals surface area contributed by atoms with Gasteiger partial charge in [0.05, 0.1) is 6.61 Å². The molecule has 3 aromatic carbocycles. The van der Waals surface area contributed by atoms with Crippen molar-refractivity contribution in [2.75, 3.05) is 13.2 Å². The Morgan fingerprint density at radius 1 is 1.05 bits per heavy atom. The van der Waals surface area contributed by atoms with Crippen molar-refractivity contribution in [3.63, 3.8) is 0 Å². The number of nitrogens with zero attached hydrogens (tertiary/aromatic N) is 1. The Morgan fingerprint density at radius 3 is 2.39 bits per heavy atom. The van der Waals surface area contributed by atoms with Crippen LogP contribution in [0.25, 0.3) is 0 Å². The summed E-state index contributed by atoms with van der Waals surface area (Å²) in [5.41, 5.74) is 1.40. The monoisotopic (exact) mass is 527 g/mol. The molecule has 0 bridgehead atoms. The number of unbranched alkanes of at least 4 members (excludes halogenated alkanes) is 1. The number of ether oxygens (including phenoxy) is 3. The van der Waals surface area contributed by atoms with Crippen molar-refractivity contribution in [1.29, 1.82) is 0 Å². The molecule has 38 heavy (non-hydrogen) atoms. The zero-order valence-electron chi connectivity index (χ0n) is 21.6. The molecule has 1 aliphatic heterocycles. The fourth-order valence-corrected chi connectivity index (χ4v) is 4.82. The minimum Gasteiger partial charge on any atom is -0.493 e. The summed E-state index contributed by atoms with van der Waals surface area (Å²) in [6.07, 6.45) is -1.87. The fourth-order valence-electron chi connectivity index (χ4n) is 4.82. The zero-order valence-corrected chi connectivity index (χ0v) is 21.6. The highest BCUT2D eigenvalue weighted by molar-refractivity contribution is 5.96. The smallest absolute Gasteiger partial charge is 0.493 e. The molecule has 0 aliphatic carbocycles. The molecule has 0 aromatic heterocycles. The van der Waals surface area contributed by atoms with Gasteiger partial charge in [0, 0.05) is 23.7 Å². The van der Waals surface area contributed by atoms with Gasteiger partial charge in [-0.1, -0.05) is 61.9 Å². The number of carbonyl (C=O) groups is 1. The van der Waals surface area contributed by atoms with Crippen LogP contribution in [-0.2, 0) is 6.54 Å². The van der Waals surface area contributed by atoms with E-state index >= 15 is 0 Å². The predicted molar refractivity (Wildman–Crippen MR) is 138 cm³/mol. The van der Waals surface area contributed by atoms with E-state index in [1.807, 2.05) is 37.3 Å². The average molecular weight is 528 g/mol. The summed E-state index contributed by atoms with van der Waals surface area (Å²) in [6.45, 7) is 5.09. The Kier molecular flexibility index (Phi) is 8.94. The first-order valence-corrected chi connectivity index (χ1v) is 12.9. The molecule has 0 amide bonds. The number of halogens is 3. The molecule has 8 heteroatoms. The molecule has 1 fully saturated rings. The summed E-state index contributed by atoms with van der Waals surface area (Å²) in [5.74, 6) is -0.687. The van der Waals surface area contributed by atoms with Crippen LogP contribution in [0.5, 0.6) is 17.2 Å². The Labute approximate surface area is 221 Å². The van der Waals surface area contributed by atoms with Crippen LogP contribution in [0.3, 0.4) is 0 Å². The van der Waals surface area contributed by atoms with Gasteiger partial charge in [-0.2, -0.15) is 0 Å². The van der Waals surface area contributed by atoms with E-state index in [9.17, 15) is 18.0 Å². The molecule has 3 aromatic rings. The van der Waals surface area contributed by atoms with Crippen LogP contribution in [-0.4, -0.2) is 30.4 Å². The number of alkyl halides is 3. The third-order valence-corrected chi connectivity index (χ3v) is 6.59. The standard InChI is InChI=1S/C30H32F3NO4/c1-3-4-18-36-26-19-24(25-16-11-17-34(25)20-22-12-7-5-8-13-22)28(38-30(31,32)33)21(2)27(26)29(35)37-23-14-9-6-10-15-23/h5-10,12-15,19,25H,3-4,11,16-18,20H2,1-2H3. The van der Waals surface area contributed by atoms with Gasteiger partial charge in [-0.3, -0.25) is 4.90 Å². The molecule has 0 radical (unpaired) electrons. The number of para-hydroxylation sites is 1. The highest BCUT2D eigenvalue weighted by atomic mass is 19.4. The van der Waals surface area contributed by atoms with E-state index in [0.29, 0.717) is 25.1 Å². The number of carbonyl (C=O) groups excluding carboxylic acids is 1. The molecule has 0 saturated carbocycles. The van der Waals surface area contributed by atoms with Gasteiger partial charge in [-0.15, -0.1) is 13.2 Å². The summed E-state index contributed by atoms with van der Waals surface area (Å²) < 4.78 is 57.2. The summed E-state index contributed by atoms with van der Waals surface area (Å²) >= 11 is 0. The molecule has 4 rings (SSSR count). The minimum absolute atomic E-state index is 0.0406. The van der Waals surface area contributed by atoms with Gasteiger partial charge in [-0.25, -0.2) is 4.79 Å². The lowest BCUT2D eigenvalue weighted by Gasteiger charge is -2.29. The van der Waals surface area contributed by atoms with E-state index in [1.165, 1.54) is 6.92 Å². The van der Waals surface area contributed by atoms with Crippen LogP contribution >= 0.6 is 0 Å². The van der Waals surface area contributed by atoms with Gasteiger partial charge in [0.15, 0.2) is 0 Å². The van der Waals surface area contributed by atoms with Crippen LogP contribution in [0, 0.1) is 6.92 Å². The topological polar surface area (TPSA) is 48.0 Å². The molecule has 1 atom stereocenters. The van der Waals surface area contributed by atoms with Crippen molar-refractivity contribution in [2.45, 2.75) is 58.5 Å². The Hall–Kier alpha value is -3.52. The predicted octanol–water partition coefficient (Wildman–Crippen LogP) is 7.63. The maximum Gasteiger partial charge on any atom is 0.573 e. The van der Waals surface area contributed by atoms with Gasteiger partial charge in [0.25, 0.3) is 0 Å². The Morgan fingerprint density at radius 2 is 1.74 bits per heavy atom. The molecule has 0 N–H and O–H groups in total. The average Bonchev–Trinajstić information content (AvgIpc) is 3.34. The van der Waals surface area contributed by atoms with Crippen LogP contribution in [0.15, 0.2) is 66.7 Å². The van der Waals surface area contributed by atoms with E-state index in [1.54, 1.807) is 36.4 Å². The highest BCUT2D eigenvalue weighted by Crippen LogP contribution is 2.45. The fraction of sp³-hybridized carbons (Fsp3) is 0.367. The van der Waals surface area contributed by atoms with Crippen LogP contribution in [0.1, 0.15) is 65.7 Å². The number of benzene rings is 3. The van der Waals surface area contributed by atoms with Gasteiger partial charge in [0.2, 0.25) is 0 Å². The van der Waals surface area contributed by atoms with E-state index in [2.05, 4.69) is 9.64 Å². The molecule has 0 spiro atoms. The van der Waals surface area contributed by atoms with Crippen molar-refractivity contribution >= 4 is 5.97 Å². The maximum atomic E-state index is 13.7. The van der Waals surface area contributed by atoms with Crippen molar-refractivity contribution in [3.8, 4) is 17.2 Å². The third-order valence-electron chi connectivity index (χ3n) is 6.59. The first-order chi connectivity index (χ1) is 18.3. The Bertz CT molecular complexity index is 1220. The molecule has 1 aliphatic rings. The molecule has 1 heterocycles. The first-order valence-electron chi connectivity index (χ1n) is 12.9. The number of hydrogen-bond donors (Lipinski definition) is 0. The largest absolute Gasteiger partial charge is 0.573 e. The van der Waals surface area contributed by atoms with Crippen LogP contribution < -0.4 is 14.2 Å². The molecule has 5 nitrogen and oxygen atoms in total. The SMILES string of the molecule is CCCCOc1cc(C2CCCN2Cc2ccccc2)c(OC(F)(F)F)c(C)c1C(=O)Oc1ccccc1. The van der Waals surface area contributed by atoms with Crippen LogP contribution in [0.4, 0.5) is 13.2 Å². The van der Waals surface area contributed by atoms with Crippen molar-refractivity contribution in [1.82, 2.24) is 4.90 Å². The summed E-state index contributed by atoms with van der Waals surface area (Å²) in [4.78, 5) is 15.4. The molecule has 1 unspecified atom stereocenters. The summed E-state index contributed by atoms with van der Waals surface area (Å²) in [6, 6.07) is 19.4. The van der Waals surface area contributed by atoms with Crippen molar-refractivity contribution in [2.24, 2.45) is 0 Å². The Balaban J connectivity index is 1.79. The van der Waals surface area contributed by atoms with E-state index in [4.69, 9.17) is 9.47 Å². The first kappa shape index (κ1) is 27.5. The lowest BCUT2D eigenvalue weighted by molar-refractivity contribution is -0.275. The summed E-state index contributed by atoms with van der Waals surface area (Å²) in [7, 11) is 0. The maximum absolute atomic E-state index is 13.7. The van der Waals surface area contributed by atoms with Gasteiger partial charge < -0.3 is 14.2 Å². The molecule has 1 saturated heterocycles. The van der Waals surface area contributed by atoms with Gasteiger partial charge in [-0.05, 0) is 56.5 Å². The van der Waals surface area contributed by atoms with E-state index < -0.39 is 12.3 Å². The summed E-state index contributed by atoms with van der Waals surface area (Å²) in [5, 5.41) is 0. The lowest BCUT2D eigenvalue weighted by Crippen LogP contribution is -2.26. The van der Waals surface area contributed by atoms with E-state index in [-0.39, 0.29) is 34.4 Å². The lowest BCUT2D eigenvalue weighted by atomic mass is 9.95. The molecular weight excluding hydrogens is 495 g/mol. The van der Waals surface area contributed by atoms with Gasteiger partial charge >= 0.3 is 12.3 Å². The number of rotatable bonds is 10. The minimum atomic E-state index is -4.94. The third kappa shape index (κ3) is 6.86. The van der Waals surface area contributed by atoms with Crippen molar-refractivity contribution < 1.29 is 32.2 Å². The van der Waals surface area contributed by atoms with Crippen molar-refractivity contribution in [3.05, 3.63) is 89.0 Å². The second kappa shape index (κ2) is 12.3. The number of esters is 1. The molecular formula is C30H32F3NO4. The van der Waals surface area contributed by atoms with Crippen LogP contribution in [0.2, 0.25) is 0 Å². The zero-order chi connectivity index (χ0) is 27.1. The number of likely N-dealkylation sites (tertiary alicyclic amines) is 1. The number of hydrogen-bond acceptors (Lipinski definition) is 5.